The van der Waals surface area contributed by atoms with Crippen LogP contribution >= 0.6 is 0 Å². The van der Waals surface area contributed by atoms with Crippen LogP contribution in [0, 0.1) is 5.92 Å². The quantitative estimate of drug-likeness (QED) is 0.763. The van der Waals surface area contributed by atoms with Gasteiger partial charge in [-0.15, -0.1) is 0 Å². The summed E-state index contributed by atoms with van der Waals surface area (Å²) in [4.78, 5) is 50.3. The number of H-pyrrole nitrogens is 2. The van der Waals surface area contributed by atoms with E-state index in [0.717, 1.165) is 50.6 Å². The highest BCUT2D eigenvalue weighted by Gasteiger charge is 2.34. The van der Waals surface area contributed by atoms with Crippen LogP contribution in [0.3, 0.4) is 0 Å². The first-order chi connectivity index (χ1) is 15.6. The summed E-state index contributed by atoms with van der Waals surface area (Å²) in [5, 5.41) is 6.62. The van der Waals surface area contributed by atoms with Gasteiger partial charge < -0.3 is 14.8 Å². The van der Waals surface area contributed by atoms with Gasteiger partial charge in [0.1, 0.15) is 11.5 Å². The summed E-state index contributed by atoms with van der Waals surface area (Å²) in [5.74, 6) is 0.702. The van der Waals surface area contributed by atoms with Crippen LogP contribution in [-0.2, 0) is 17.8 Å². The predicted molar refractivity (Wildman–Crippen MR) is 117 cm³/mol. The lowest BCUT2D eigenvalue weighted by molar-refractivity contribution is -0.137. The van der Waals surface area contributed by atoms with Crippen molar-refractivity contribution in [2.45, 2.75) is 70.4 Å². The molecule has 1 saturated carbocycles. The molecule has 5 rings (SSSR count). The van der Waals surface area contributed by atoms with Gasteiger partial charge in [0.2, 0.25) is 5.91 Å². The Kier molecular flexibility index (Phi) is 5.80. The summed E-state index contributed by atoms with van der Waals surface area (Å²) < 4.78 is 0. The van der Waals surface area contributed by atoms with Crippen LogP contribution in [0.5, 0.6) is 0 Å². The fraction of sp³-hybridized carbons (Fsp3) is 0.609. The van der Waals surface area contributed by atoms with Crippen molar-refractivity contribution < 1.29 is 9.59 Å². The number of fused-ring (bicyclic) bond motifs is 1. The Labute approximate surface area is 186 Å². The van der Waals surface area contributed by atoms with Crippen LogP contribution in [0.1, 0.15) is 85.0 Å². The summed E-state index contributed by atoms with van der Waals surface area (Å²) in [6.07, 6.45) is 10.1. The van der Waals surface area contributed by atoms with E-state index in [2.05, 4.69) is 15.2 Å². The third-order valence-corrected chi connectivity index (χ3v) is 7.16. The highest BCUT2D eigenvalue weighted by atomic mass is 16.2. The number of nitrogens with one attached hydrogen (secondary N) is 2. The molecule has 0 aromatic carbocycles. The van der Waals surface area contributed by atoms with Crippen LogP contribution in [0.25, 0.3) is 0 Å². The number of amides is 2. The minimum Gasteiger partial charge on any atom is -0.337 e. The maximum Gasteiger partial charge on any atom is 0.272 e. The lowest BCUT2D eigenvalue weighted by Crippen LogP contribution is -2.44. The highest BCUT2D eigenvalue weighted by molar-refractivity contribution is 5.92. The van der Waals surface area contributed by atoms with Gasteiger partial charge in [-0.3, -0.25) is 19.5 Å². The minimum atomic E-state index is -0.264. The molecule has 170 valence electrons. The summed E-state index contributed by atoms with van der Waals surface area (Å²) in [6, 6.07) is 1.40. The molecule has 2 aromatic heterocycles. The monoisotopic (exact) mass is 438 g/mol. The molecule has 4 heterocycles. The second kappa shape index (κ2) is 8.88. The predicted octanol–water partition coefficient (Wildman–Crippen LogP) is 2.33. The smallest absolute Gasteiger partial charge is 0.272 e. The Morgan fingerprint density at radius 1 is 1.03 bits per heavy atom. The van der Waals surface area contributed by atoms with E-state index in [0.29, 0.717) is 43.1 Å². The molecule has 0 bridgehead atoms. The van der Waals surface area contributed by atoms with E-state index in [1.54, 1.807) is 17.2 Å². The van der Waals surface area contributed by atoms with Crippen molar-refractivity contribution in [1.29, 1.82) is 0 Å². The van der Waals surface area contributed by atoms with Crippen LogP contribution in [-0.4, -0.2) is 54.9 Å². The van der Waals surface area contributed by atoms with Crippen LogP contribution in [0.2, 0.25) is 0 Å². The maximum atomic E-state index is 13.0. The van der Waals surface area contributed by atoms with Crippen molar-refractivity contribution in [3.63, 3.8) is 0 Å². The van der Waals surface area contributed by atoms with Gasteiger partial charge in [-0.05, 0) is 38.2 Å². The van der Waals surface area contributed by atoms with Gasteiger partial charge in [0, 0.05) is 31.6 Å². The minimum absolute atomic E-state index is 0.0981. The second-order valence-corrected chi connectivity index (χ2v) is 9.20. The Morgan fingerprint density at radius 2 is 1.84 bits per heavy atom. The molecule has 0 spiro atoms. The van der Waals surface area contributed by atoms with E-state index in [1.165, 1.54) is 6.42 Å². The number of hydrogen-bond acceptors (Lipinski definition) is 5. The lowest BCUT2D eigenvalue weighted by atomic mass is 9.88. The van der Waals surface area contributed by atoms with Gasteiger partial charge in [-0.2, -0.15) is 5.10 Å². The summed E-state index contributed by atoms with van der Waals surface area (Å²) >= 11 is 0. The molecule has 1 atom stereocenters. The standard InChI is InChI=1S/C23H30N6O3/c30-21-16-14-28(22(31)15-6-2-1-3-7-15)13-10-17(16)25-20(26-21)19-8-4-5-12-29(19)23(32)18-9-11-24-27-18/h9,11,15,19H,1-8,10,12-14H2,(H,24,27)(H,25,26,30)/t19-/m1/s1. The van der Waals surface area contributed by atoms with Crippen molar-refractivity contribution in [3.05, 3.63) is 45.4 Å². The van der Waals surface area contributed by atoms with Crippen LogP contribution in [0.15, 0.2) is 17.1 Å². The van der Waals surface area contributed by atoms with Crippen molar-refractivity contribution in [2.24, 2.45) is 5.92 Å². The van der Waals surface area contributed by atoms with Gasteiger partial charge in [0.15, 0.2) is 0 Å². The molecule has 2 fully saturated rings. The number of aromatic amines is 2. The zero-order valence-corrected chi connectivity index (χ0v) is 18.3. The van der Waals surface area contributed by atoms with Crippen molar-refractivity contribution >= 4 is 11.8 Å². The summed E-state index contributed by atoms with van der Waals surface area (Å²) in [6.45, 7) is 1.54. The number of hydrogen-bond donors (Lipinski definition) is 2. The number of carbonyl (C=O) groups is 2. The molecule has 9 heteroatoms. The first-order valence-corrected chi connectivity index (χ1v) is 11.8. The Hall–Kier alpha value is -2.97. The molecule has 2 aliphatic heterocycles. The molecule has 2 aromatic rings. The van der Waals surface area contributed by atoms with Crippen molar-refractivity contribution in [1.82, 2.24) is 30.0 Å². The van der Waals surface area contributed by atoms with E-state index < -0.39 is 0 Å². The highest BCUT2D eigenvalue weighted by Crippen LogP contribution is 2.31. The van der Waals surface area contributed by atoms with Gasteiger partial charge >= 0.3 is 0 Å². The molecule has 9 nitrogen and oxygen atoms in total. The van der Waals surface area contributed by atoms with E-state index >= 15 is 0 Å². The van der Waals surface area contributed by atoms with Gasteiger partial charge in [0.25, 0.3) is 11.5 Å². The number of rotatable bonds is 3. The number of aromatic nitrogens is 4. The van der Waals surface area contributed by atoms with Gasteiger partial charge in [-0.1, -0.05) is 19.3 Å². The largest absolute Gasteiger partial charge is 0.337 e. The molecule has 1 saturated heterocycles. The molecule has 0 radical (unpaired) electrons. The topological polar surface area (TPSA) is 115 Å². The zero-order chi connectivity index (χ0) is 22.1. The maximum absolute atomic E-state index is 13.0. The zero-order valence-electron chi connectivity index (χ0n) is 18.3. The normalized spacial score (nSPS) is 21.9. The molecule has 2 N–H and O–H groups in total. The molecular weight excluding hydrogens is 408 g/mol. The van der Waals surface area contributed by atoms with E-state index in [-0.39, 0.29) is 29.3 Å². The Balaban J connectivity index is 1.37. The van der Waals surface area contributed by atoms with E-state index in [4.69, 9.17) is 4.98 Å². The molecule has 32 heavy (non-hydrogen) atoms. The molecule has 3 aliphatic rings. The Bertz CT molecular complexity index is 1040. The third-order valence-electron chi connectivity index (χ3n) is 7.16. The average Bonchev–Trinajstić information content (AvgIpc) is 3.38. The van der Waals surface area contributed by atoms with E-state index in [1.807, 2.05) is 4.90 Å². The first kappa shape index (κ1) is 20.9. The summed E-state index contributed by atoms with van der Waals surface area (Å²) in [7, 11) is 0. The molecule has 1 aliphatic carbocycles. The third kappa shape index (κ3) is 3.96. The number of piperidine rings is 1. The SMILES string of the molecule is O=C(C1CCCCC1)N1CCc2nc([C@H]3CCCCN3C(=O)c3ccn[nH]3)[nH]c(=O)c2C1. The summed E-state index contributed by atoms with van der Waals surface area (Å²) in [5.41, 5.74) is 1.60. The fourth-order valence-electron chi connectivity index (χ4n) is 5.39. The Morgan fingerprint density at radius 3 is 2.62 bits per heavy atom. The number of nitrogens with zero attached hydrogens (tertiary/aromatic N) is 4. The van der Waals surface area contributed by atoms with Crippen molar-refractivity contribution in [2.75, 3.05) is 13.1 Å². The number of likely N-dealkylation sites (tertiary alicyclic amines) is 1. The van der Waals surface area contributed by atoms with E-state index in [9.17, 15) is 14.4 Å². The van der Waals surface area contributed by atoms with Crippen LogP contribution in [0.4, 0.5) is 0 Å². The van der Waals surface area contributed by atoms with Crippen molar-refractivity contribution in [3.8, 4) is 0 Å². The van der Waals surface area contributed by atoms with Gasteiger partial charge in [0.05, 0.1) is 23.8 Å². The van der Waals surface area contributed by atoms with Gasteiger partial charge in [-0.25, -0.2) is 4.98 Å². The molecule has 0 unspecified atom stereocenters. The lowest BCUT2D eigenvalue weighted by Gasteiger charge is -2.36. The molecular formula is C23H30N6O3. The second-order valence-electron chi connectivity index (χ2n) is 9.20. The molecule has 2 amide bonds. The number of carbonyl (C=O) groups excluding carboxylic acids is 2. The average molecular weight is 439 g/mol. The van der Waals surface area contributed by atoms with Crippen LogP contribution < -0.4 is 5.56 Å². The first-order valence-electron chi connectivity index (χ1n) is 11.8. The fourth-order valence-corrected chi connectivity index (χ4v) is 5.39.